The summed E-state index contributed by atoms with van der Waals surface area (Å²) >= 11 is 0. The van der Waals surface area contributed by atoms with E-state index in [4.69, 9.17) is 0 Å². The molecule has 6 heteroatoms. The van der Waals surface area contributed by atoms with E-state index in [-0.39, 0.29) is 23.9 Å². The van der Waals surface area contributed by atoms with Crippen molar-refractivity contribution in [2.75, 3.05) is 6.54 Å². The largest absolute Gasteiger partial charge is 0.352 e. The monoisotopic (exact) mass is 399 g/mol. The van der Waals surface area contributed by atoms with Crippen molar-refractivity contribution in [2.24, 2.45) is 5.92 Å². The van der Waals surface area contributed by atoms with E-state index in [1.165, 1.54) is 6.42 Å². The third kappa shape index (κ3) is 4.31. The molecular formula is C23H33N3O3. The van der Waals surface area contributed by atoms with Gasteiger partial charge in [-0.3, -0.25) is 14.5 Å². The van der Waals surface area contributed by atoms with Gasteiger partial charge in [-0.2, -0.15) is 0 Å². The van der Waals surface area contributed by atoms with Crippen LogP contribution in [-0.4, -0.2) is 35.3 Å². The van der Waals surface area contributed by atoms with Gasteiger partial charge < -0.3 is 10.6 Å². The molecule has 0 bridgehead atoms. The number of nitrogens with zero attached hydrogens (tertiary/aromatic N) is 1. The summed E-state index contributed by atoms with van der Waals surface area (Å²) in [5.41, 5.74) is 0.710. The van der Waals surface area contributed by atoms with Gasteiger partial charge >= 0.3 is 6.03 Å². The maximum absolute atomic E-state index is 13.1. The van der Waals surface area contributed by atoms with Crippen LogP contribution in [-0.2, 0) is 20.5 Å². The normalized spacial score (nSPS) is 27.7. The Morgan fingerprint density at radius 2 is 1.79 bits per heavy atom. The standard InChI is InChI=1S/C23H33N3O3/c1-15-8-6-7-9-18(15)24-19(27)14-26-20(28)23(5,25-21(26)29)17-12-10-16(11-13-17)22(2,3)4/h10-13,15,18H,6-9,14H2,1-5H3,(H,24,27)(H,25,29)/t15-,18+,23+/m1/s1. The Morgan fingerprint density at radius 1 is 1.17 bits per heavy atom. The maximum Gasteiger partial charge on any atom is 0.325 e. The van der Waals surface area contributed by atoms with Gasteiger partial charge in [-0.25, -0.2) is 4.79 Å². The number of urea groups is 1. The summed E-state index contributed by atoms with van der Waals surface area (Å²) in [6.45, 7) is 9.96. The zero-order valence-electron chi connectivity index (χ0n) is 18.2. The van der Waals surface area contributed by atoms with Gasteiger partial charge in [0.2, 0.25) is 5.91 Å². The molecule has 1 aliphatic heterocycles. The molecule has 2 N–H and O–H groups in total. The number of hydrogen-bond acceptors (Lipinski definition) is 3. The van der Waals surface area contributed by atoms with Gasteiger partial charge in [0.05, 0.1) is 0 Å². The van der Waals surface area contributed by atoms with Gasteiger partial charge in [-0.1, -0.05) is 64.8 Å². The summed E-state index contributed by atoms with van der Waals surface area (Å²) < 4.78 is 0. The van der Waals surface area contributed by atoms with Gasteiger partial charge in [0.15, 0.2) is 0 Å². The fourth-order valence-corrected chi connectivity index (χ4v) is 4.27. The van der Waals surface area contributed by atoms with Crippen molar-refractivity contribution in [3.05, 3.63) is 35.4 Å². The van der Waals surface area contributed by atoms with Crippen molar-refractivity contribution in [2.45, 2.75) is 77.3 Å². The minimum Gasteiger partial charge on any atom is -0.352 e. The molecule has 0 radical (unpaired) electrons. The van der Waals surface area contributed by atoms with Gasteiger partial charge in [0.1, 0.15) is 12.1 Å². The first kappa shape index (κ1) is 21.3. The molecule has 1 heterocycles. The van der Waals surface area contributed by atoms with Crippen LogP contribution >= 0.6 is 0 Å². The fraction of sp³-hybridized carbons (Fsp3) is 0.609. The summed E-state index contributed by atoms with van der Waals surface area (Å²) in [5, 5.41) is 5.79. The van der Waals surface area contributed by atoms with E-state index in [1.54, 1.807) is 6.92 Å². The average Bonchev–Trinajstić information content (AvgIpc) is 2.87. The molecule has 0 unspecified atom stereocenters. The van der Waals surface area contributed by atoms with E-state index in [0.29, 0.717) is 11.5 Å². The molecule has 3 rings (SSSR count). The lowest BCUT2D eigenvalue weighted by Gasteiger charge is -2.30. The van der Waals surface area contributed by atoms with Crippen molar-refractivity contribution >= 4 is 17.8 Å². The van der Waals surface area contributed by atoms with Crippen molar-refractivity contribution < 1.29 is 14.4 Å². The Hall–Kier alpha value is -2.37. The number of rotatable bonds is 4. The summed E-state index contributed by atoms with van der Waals surface area (Å²) in [6, 6.07) is 7.33. The van der Waals surface area contributed by atoms with Crippen LogP contribution in [0.25, 0.3) is 0 Å². The molecule has 0 spiro atoms. The highest BCUT2D eigenvalue weighted by Gasteiger charge is 2.49. The number of carbonyl (C=O) groups is 3. The number of amides is 4. The van der Waals surface area contributed by atoms with Gasteiger partial charge in [-0.15, -0.1) is 0 Å². The molecule has 2 aliphatic rings. The number of nitrogens with one attached hydrogen (secondary N) is 2. The fourth-order valence-electron chi connectivity index (χ4n) is 4.27. The molecule has 1 aliphatic carbocycles. The summed E-state index contributed by atoms with van der Waals surface area (Å²) in [4.78, 5) is 39.1. The van der Waals surface area contributed by atoms with Crippen LogP contribution in [0.5, 0.6) is 0 Å². The van der Waals surface area contributed by atoms with Crippen LogP contribution in [0.2, 0.25) is 0 Å². The van der Waals surface area contributed by atoms with E-state index in [9.17, 15) is 14.4 Å². The quantitative estimate of drug-likeness (QED) is 0.761. The van der Waals surface area contributed by atoms with E-state index >= 15 is 0 Å². The second kappa shape index (κ2) is 7.81. The van der Waals surface area contributed by atoms with Crippen LogP contribution in [0, 0.1) is 5.92 Å². The number of benzene rings is 1. The number of imide groups is 1. The molecule has 158 valence electrons. The third-order valence-corrected chi connectivity index (χ3v) is 6.36. The van der Waals surface area contributed by atoms with Crippen LogP contribution in [0.15, 0.2) is 24.3 Å². The molecule has 1 aromatic rings. The third-order valence-electron chi connectivity index (χ3n) is 6.36. The highest BCUT2D eigenvalue weighted by molar-refractivity contribution is 6.09. The smallest absolute Gasteiger partial charge is 0.325 e. The Kier molecular flexibility index (Phi) is 5.74. The van der Waals surface area contributed by atoms with Gasteiger partial charge in [0.25, 0.3) is 5.91 Å². The first-order valence-electron chi connectivity index (χ1n) is 10.6. The van der Waals surface area contributed by atoms with Crippen molar-refractivity contribution in [1.82, 2.24) is 15.5 Å². The zero-order chi connectivity index (χ0) is 21.4. The summed E-state index contributed by atoms with van der Waals surface area (Å²) in [7, 11) is 0. The van der Waals surface area contributed by atoms with E-state index in [1.807, 2.05) is 24.3 Å². The minimum absolute atomic E-state index is 0.00273. The molecule has 6 nitrogen and oxygen atoms in total. The molecule has 29 heavy (non-hydrogen) atoms. The molecule has 0 aromatic heterocycles. The molecule has 1 saturated carbocycles. The maximum atomic E-state index is 13.1. The van der Waals surface area contributed by atoms with Crippen molar-refractivity contribution in [3.8, 4) is 0 Å². The van der Waals surface area contributed by atoms with Crippen LogP contribution in [0.3, 0.4) is 0 Å². The first-order valence-corrected chi connectivity index (χ1v) is 10.6. The van der Waals surface area contributed by atoms with Gasteiger partial charge in [-0.05, 0) is 42.2 Å². The van der Waals surface area contributed by atoms with E-state index < -0.39 is 17.5 Å². The molecule has 2 fully saturated rings. The van der Waals surface area contributed by atoms with E-state index in [2.05, 4.69) is 38.3 Å². The molecule has 1 saturated heterocycles. The lowest BCUT2D eigenvalue weighted by atomic mass is 9.84. The predicted molar refractivity (Wildman–Crippen MR) is 112 cm³/mol. The Bertz CT molecular complexity index is 797. The molecule has 4 amide bonds. The highest BCUT2D eigenvalue weighted by atomic mass is 16.2. The SMILES string of the molecule is C[C@@H]1CCCC[C@@H]1NC(=O)CN1C(=O)N[C@@](C)(c2ccc(C(C)(C)C)cc2)C1=O. The number of hydrogen-bond donors (Lipinski definition) is 2. The Labute approximate surface area is 173 Å². The molecule has 3 atom stereocenters. The molecule has 1 aromatic carbocycles. The van der Waals surface area contributed by atoms with Crippen LogP contribution in [0.4, 0.5) is 4.79 Å². The average molecular weight is 400 g/mol. The van der Waals surface area contributed by atoms with Crippen LogP contribution < -0.4 is 10.6 Å². The zero-order valence-corrected chi connectivity index (χ0v) is 18.2. The Balaban J connectivity index is 1.70. The van der Waals surface area contributed by atoms with Crippen molar-refractivity contribution in [1.29, 1.82) is 0 Å². The van der Waals surface area contributed by atoms with Gasteiger partial charge in [0, 0.05) is 6.04 Å². The van der Waals surface area contributed by atoms with Crippen molar-refractivity contribution in [3.63, 3.8) is 0 Å². The minimum atomic E-state index is -1.16. The lowest BCUT2D eigenvalue weighted by Crippen LogP contribution is -2.47. The second-order valence-corrected chi connectivity index (χ2v) is 9.71. The lowest BCUT2D eigenvalue weighted by molar-refractivity contribution is -0.135. The first-order chi connectivity index (χ1) is 13.5. The van der Waals surface area contributed by atoms with Crippen LogP contribution in [0.1, 0.15) is 71.4 Å². The predicted octanol–water partition coefficient (Wildman–Crippen LogP) is 3.45. The van der Waals surface area contributed by atoms with E-state index in [0.717, 1.165) is 29.7 Å². The number of carbonyl (C=O) groups excluding carboxylic acids is 3. The summed E-state index contributed by atoms with van der Waals surface area (Å²) in [5.74, 6) is -0.250. The second-order valence-electron chi connectivity index (χ2n) is 9.71. The Morgan fingerprint density at radius 3 is 2.38 bits per heavy atom. The molecular weight excluding hydrogens is 366 g/mol. The highest BCUT2D eigenvalue weighted by Crippen LogP contribution is 2.31. The summed E-state index contributed by atoms with van der Waals surface area (Å²) in [6.07, 6.45) is 4.33. The topological polar surface area (TPSA) is 78.5 Å².